The summed E-state index contributed by atoms with van der Waals surface area (Å²) in [6.45, 7) is 1.98. The van der Waals surface area contributed by atoms with E-state index in [1.165, 1.54) is 6.07 Å². The van der Waals surface area contributed by atoms with Crippen LogP contribution in [0.5, 0.6) is 5.75 Å². The van der Waals surface area contributed by atoms with Crippen molar-refractivity contribution in [3.63, 3.8) is 0 Å². The average molecular weight is 272 g/mol. The number of hydrogen-bond acceptors (Lipinski definition) is 3. The van der Waals surface area contributed by atoms with E-state index in [2.05, 4.69) is 4.90 Å². The maximum Gasteiger partial charge on any atom is 0.166 e. The summed E-state index contributed by atoms with van der Waals surface area (Å²) in [4.78, 5) is 2.18. The minimum absolute atomic E-state index is 0.132. The highest BCUT2D eigenvalue weighted by molar-refractivity contribution is 6.30. The highest BCUT2D eigenvalue weighted by Crippen LogP contribution is 2.40. The average Bonchev–Trinajstić information content (AvgIpc) is 2.81. The Kier molecular flexibility index (Phi) is 3.18. The van der Waals surface area contributed by atoms with Crippen molar-refractivity contribution in [2.24, 2.45) is 0 Å². The lowest BCUT2D eigenvalue weighted by molar-refractivity contribution is 0.00701. The van der Waals surface area contributed by atoms with E-state index in [1.54, 1.807) is 6.07 Å². The van der Waals surface area contributed by atoms with Gasteiger partial charge in [0.25, 0.3) is 0 Å². The Labute approximate surface area is 110 Å². The summed E-state index contributed by atoms with van der Waals surface area (Å²) < 4.78 is 19.1. The zero-order chi connectivity index (χ0) is 12.7. The van der Waals surface area contributed by atoms with Gasteiger partial charge in [-0.25, -0.2) is 4.39 Å². The van der Waals surface area contributed by atoms with Crippen LogP contribution in [0.4, 0.5) is 4.39 Å². The molecule has 0 amide bonds. The van der Waals surface area contributed by atoms with Crippen LogP contribution in [0.15, 0.2) is 12.1 Å². The quantitative estimate of drug-likeness (QED) is 0.851. The molecule has 3 nitrogen and oxygen atoms in total. The van der Waals surface area contributed by atoms with Gasteiger partial charge in [0.05, 0.1) is 6.04 Å². The molecular weight excluding hydrogens is 257 g/mol. The number of likely N-dealkylation sites (tertiary alicyclic amines) is 1. The first-order chi connectivity index (χ1) is 8.66. The van der Waals surface area contributed by atoms with Crippen molar-refractivity contribution in [2.75, 3.05) is 19.7 Å². The molecule has 3 rings (SSSR count). The molecule has 18 heavy (non-hydrogen) atoms. The number of aliphatic hydroxyl groups is 1. The molecule has 0 radical (unpaired) electrons. The predicted octanol–water partition coefficient (Wildman–Crippen LogP) is 2.37. The standard InChI is InChI=1S/C13H15ClFNO2/c14-8-5-9-12(16-3-1-2-4-16)11(17)7-18-13(9)10(15)6-8/h5-6,11-12,17H,1-4,7H2. The fourth-order valence-corrected chi connectivity index (χ4v) is 3.09. The summed E-state index contributed by atoms with van der Waals surface area (Å²) in [5.41, 5.74) is 0.667. The van der Waals surface area contributed by atoms with E-state index in [4.69, 9.17) is 16.3 Å². The summed E-state index contributed by atoms with van der Waals surface area (Å²) in [6, 6.07) is 2.74. The fraction of sp³-hybridized carbons (Fsp3) is 0.538. The molecular formula is C13H15ClFNO2. The number of benzene rings is 1. The summed E-state index contributed by atoms with van der Waals surface area (Å²) in [7, 11) is 0. The monoisotopic (exact) mass is 271 g/mol. The maximum atomic E-state index is 13.8. The molecule has 2 aliphatic heterocycles. The van der Waals surface area contributed by atoms with Crippen LogP contribution in [-0.4, -0.2) is 35.8 Å². The van der Waals surface area contributed by atoms with E-state index in [9.17, 15) is 9.50 Å². The van der Waals surface area contributed by atoms with Gasteiger partial charge in [-0.1, -0.05) is 11.6 Å². The first kappa shape index (κ1) is 12.2. The smallest absolute Gasteiger partial charge is 0.166 e. The van der Waals surface area contributed by atoms with Gasteiger partial charge in [0, 0.05) is 10.6 Å². The summed E-state index contributed by atoms with van der Waals surface area (Å²) >= 11 is 5.91. The van der Waals surface area contributed by atoms with Crippen molar-refractivity contribution >= 4 is 11.6 Å². The molecule has 0 saturated carbocycles. The van der Waals surface area contributed by atoms with Crippen LogP contribution in [0.3, 0.4) is 0 Å². The van der Waals surface area contributed by atoms with Gasteiger partial charge >= 0.3 is 0 Å². The van der Waals surface area contributed by atoms with Crippen LogP contribution in [0.25, 0.3) is 0 Å². The van der Waals surface area contributed by atoms with Crippen molar-refractivity contribution in [1.29, 1.82) is 0 Å². The summed E-state index contributed by atoms with van der Waals surface area (Å²) in [5, 5.41) is 10.5. The van der Waals surface area contributed by atoms with Crippen LogP contribution < -0.4 is 4.74 Å². The summed E-state index contributed by atoms with van der Waals surface area (Å²) in [5.74, 6) is -0.213. The van der Waals surface area contributed by atoms with E-state index in [-0.39, 0.29) is 18.4 Å². The van der Waals surface area contributed by atoms with E-state index in [0.717, 1.165) is 25.9 Å². The molecule has 1 aromatic carbocycles. The largest absolute Gasteiger partial charge is 0.487 e. The zero-order valence-corrected chi connectivity index (χ0v) is 10.7. The van der Waals surface area contributed by atoms with Crippen LogP contribution in [-0.2, 0) is 0 Å². The summed E-state index contributed by atoms with van der Waals surface area (Å²) in [6.07, 6.45) is 1.60. The first-order valence-electron chi connectivity index (χ1n) is 6.20. The van der Waals surface area contributed by atoms with Crippen LogP contribution in [0.2, 0.25) is 5.02 Å². The van der Waals surface area contributed by atoms with Crippen LogP contribution in [0.1, 0.15) is 24.4 Å². The van der Waals surface area contributed by atoms with Gasteiger partial charge < -0.3 is 9.84 Å². The lowest BCUT2D eigenvalue weighted by atomic mass is 9.96. The number of rotatable bonds is 1. The Morgan fingerprint density at radius 2 is 2.06 bits per heavy atom. The van der Waals surface area contributed by atoms with E-state index >= 15 is 0 Å². The molecule has 2 atom stereocenters. The second-order valence-corrected chi connectivity index (χ2v) is 5.31. The first-order valence-corrected chi connectivity index (χ1v) is 6.58. The minimum atomic E-state index is -0.631. The van der Waals surface area contributed by atoms with Crippen molar-refractivity contribution in [2.45, 2.75) is 25.0 Å². The highest BCUT2D eigenvalue weighted by atomic mass is 35.5. The lowest BCUT2D eigenvalue weighted by Gasteiger charge is -2.36. The number of halogens is 2. The number of hydrogen-bond donors (Lipinski definition) is 1. The lowest BCUT2D eigenvalue weighted by Crippen LogP contribution is -2.41. The topological polar surface area (TPSA) is 32.7 Å². The molecule has 5 heteroatoms. The molecule has 1 N–H and O–H groups in total. The maximum absolute atomic E-state index is 13.8. The van der Waals surface area contributed by atoms with Gasteiger partial charge in [-0.3, -0.25) is 4.90 Å². The Balaban J connectivity index is 2.04. The molecule has 98 valence electrons. The molecule has 0 bridgehead atoms. The van der Waals surface area contributed by atoms with Gasteiger partial charge in [0.1, 0.15) is 12.7 Å². The van der Waals surface area contributed by atoms with E-state index in [1.807, 2.05) is 0 Å². The van der Waals surface area contributed by atoms with Gasteiger partial charge in [0.15, 0.2) is 11.6 Å². The number of aliphatic hydroxyl groups excluding tert-OH is 1. The van der Waals surface area contributed by atoms with Crippen molar-refractivity contribution < 1.29 is 14.2 Å². The Bertz CT molecular complexity index is 463. The minimum Gasteiger partial charge on any atom is -0.487 e. The number of fused-ring (bicyclic) bond motifs is 1. The molecule has 0 aromatic heterocycles. The Morgan fingerprint density at radius 1 is 1.33 bits per heavy atom. The van der Waals surface area contributed by atoms with E-state index in [0.29, 0.717) is 10.6 Å². The highest BCUT2D eigenvalue weighted by Gasteiger charge is 2.36. The third-order valence-electron chi connectivity index (χ3n) is 3.65. The third kappa shape index (κ3) is 1.98. The molecule has 1 saturated heterocycles. The number of nitrogens with zero attached hydrogens (tertiary/aromatic N) is 1. The molecule has 2 heterocycles. The van der Waals surface area contributed by atoms with Crippen molar-refractivity contribution in [3.8, 4) is 5.75 Å². The van der Waals surface area contributed by atoms with Gasteiger partial charge in [-0.2, -0.15) is 0 Å². The van der Waals surface area contributed by atoms with Crippen LogP contribution >= 0.6 is 11.6 Å². The molecule has 2 aliphatic rings. The van der Waals surface area contributed by atoms with Crippen LogP contribution in [0, 0.1) is 5.82 Å². The van der Waals surface area contributed by atoms with Crippen molar-refractivity contribution in [1.82, 2.24) is 4.90 Å². The van der Waals surface area contributed by atoms with Crippen molar-refractivity contribution in [3.05, 3.63) is 28.5 Å². The normalized spacial score (nSPS) is 27.9. The SMILES string of the molecule is OC1COc2c(F)cc(Cl)cc2C1N1CCCC1. The zero-order valence-electron chi connectivity index (χ0n) is 9.90. The Morgan fingerprint density at radius 3 is 2.78 bits per heavy atom. The second-order valence-electron chi connectivity index (χ2n) is 4.87. The van der Waals surface area contributed by atoms with Gasteiger partial charge in [0.2, 0.25) is 0 Å². The molecule has 0 spiro atoms. The molecule has 2 unspecified atom stereocenters. The van der Waals surface area contributed by atoms with Gasteiger partial charge in [-0.05, 0) is 38.1 Å². The Hall–Kier alpha value is -0.840. The third-order valence-corrected chi connectivity index (χ3v) is 3.87. The van der Waals surface area contributed by atoms with Gasteiger partial charge in [-0.15, -0.1) is 0 Å². The molecule has 0 aliphatic carbocycles. The van der Waals surface area contributed by atoms with E-state index < -0.39 is 11.9 Å². The number of ether oxygens (including phenoxy) is 1. The molecule has 1 aromatic rings. The predicted molar refractivity (Wildman–Crippen MR) is 66.5 cm³/mol. The molecule has 1 fully saturated rings. The fourth-order valence-electron chi connectivity index (χ4n) is 2.88. The second kappa shape index (κ2) is 4.68.